The number of nitrogens with one attached hydrogen (secondary N) is 1. The first-order chi connectivity index (χ1) is 9.69. The molecule has 2 aromatic heterocycles. The van der Waals surface area contributed by atoms with Crippen LogP contribution in [-0.2, 0) is 6.54 Å². The predicted molar refractivity (Wildman–Crippen MR) is 80.6 cm³/mol. The van der Waals surface area contributed by atoms with E-state index >= 15 is 0 Å². The number of aromatic nitrogens is 2. The topological polar surface area (TPSA) is 47.0 Å². The first-order valence-electron chi connectivity index (χ1n) is 6.95. The van der Waals surface area contributed by atoms with Crippen molar-refractivity contribution in [1.29, 1.82) is 0 Å². The molecule has 0 aliphatic carbocycles. The fraction of sp³-hybridized carbons (Fsp3) is 0.375. The monoisotopic (exact) mass is 271 g/mol. The summed E-state index contributed by atoms with van der Waals surface area (Å²) in [6.45, 7) is 7.88. The van der Waals surface area contributed by atoms with Crippen LogP contribution in [0.25, 0.3) is 11.1 Å². The van der Waals surface area contributed by atoms with E-state index in [1.165, 1.54) is 5.56 Å². The average Bonchev–Trinajstić information content (AvgIpc) is 2.45. The van der Waals surface area contributed by atoms with Gasteiger partial charge >= 0.3 is 0 Å². The molecule has 4 nitrogen and oxygen atoms in total. The van der Waals surface area contributed by atoms with Crippen LogP contribution in [0.3, 0.4) is 0 Å². The van der Waals surface area contributed by atoms with Crippen LogP contribution in [-0.4, -0.2) is 22.6 Å². The molecule has 0 aromatic carbocycles. The van der Waals surface area contributed by atoms with Crippen molar-refractivity contribution in [2.24, 2.45) is 0 Å². The van der Waals surface area contributed by atoms with Crippen molar-refractivity contribution in [3.05, 3.63) is 42.5 Å². The van der Waals surface area contributed by atoms with Crippen molar-refractivity contribution < 1.29 is 4.74 Å². The summed E-state index contributed by atoms with van der Waals surface area (Å²) < 4.78 is 5.68. The van der Waals surface area contributed by atoms with Crippen LogP contribution < -0.4 is 10.1 Å². The van der Waals surface area contributed by atoms with E-state index in [1.807, 2.05) is 38.5 Å². The molecule has 1 N–H and O–H groups in total. The molecule has 0 spiro atoms. The molecule has 0 saturated carbocycles. The highest BCUT2D eigenvalue weighted by molar-refractivity contribution is 5.63. The summed E-state index contributed by atoms with van der Waals surface area (Å²) in [4.78, 5) is 8.53. The molecule has 0 saturated heterocycles. The SMILES string of the molecule is CCNCc1cncc(-c2cncc(OC(C)C)c2)c1. The van der Waals surface area contributed by atoms with Crippen molar-refractivity contribution in [2.45, 2.75) is 33.4 Å². The smallest absolute Gasteiger partial charge is 0.138 e. The second-order valence-corrected chi connectivity index (χ2v) is 4.94. The number of nitrogens with zero attached hydrogens (tertiary/aromatic N) is 2. The molecule has 0 unspecified atom stereocenters. The third-order valence-corrected chi connectivity index (χ3v) is 2.79. The molecule has 20 heavy (non-hydrogen) atoms. The Morgan fingerprint density at radius 2 is 1.75 bits per heavy atom. The van der Waals surface area contributed by atoms with Gasteiger partial charge in [-0.1, -0.05) is 6.92 Å². The zero-order valence-electron chi connectivity index (χ0n) is 12.3. The molecule has 0 fully saturated rings. The summed E-state index contributed by atoms with van der Waals surface area (Å²) in [6, 6.07) is 4.13. The first-order valence-corrected chi connectivity index (χ1v) is 6.95. The van der Waals surface area contributed by atoms with E-state index < -0.39 is 0 Å². The molecule has 106 valence electrons. The van der Waals surface area contributed by atoms with Crippen LogP contribution in [0.1, 0.15) is 26.3 Å². The first kappa shape index (κ1) is 14.5. The third kappa shape index (κ3) is 4.03. The molecule has 0 amide bonds. The van der Waals surface area contributed by atoms with Crippen LogP contribution in [0.5, 0.6) is 5.75 Å². The Bertz CT molecular complexity index is 555. The third-order valence-electron chi connectivity index (χ3n) is 2.79. The van der Waals surface area contributed by atoms with E-state index in [2.05, 4.69) is 28.3 Å². The van der Waals surface area contributed by atoms with Crippen molar-refractivity contribution in [1.82, 2.24) is 15.3 Å². The second-order valence-electron chi connectivity index (χ2n) is 4.94. The van der Waals surface area contributed by atoms with Crippen molar-refractivity contribution in [3.63, 3.8) is 0 Å². The quantitative estimate of drug-likeness (QED) is 0.877. The molecule has 0 aliphatic heterocycles. The maximum atomic E-state index is 5.68. The number of rotatable bonds is 6. The Balaban J connectivity index is 2.22. The van der Waals surface area contributed by atoms with Crippen molar-refractivity contribution in [3.8, 4) is 16.9 Å². The Labute approximate surface area is 120 Å². The maximum Gasteiger partial charge on any atom is 0.138 e. The number of hydrogen-bond acceptors (Lipinski definition) is 4. The predicted octanol–water partition coefficient (Wildman–Crippen LogP) is 3.04. The molecular weight excluding hydrogens is 250 g/mol. The van der Waals surface area contributed by atoms with Crippen LogP contribution in [0.4, 0.5) is 0 Å². The van der Waals surface area contributed by atoms with E-state index in [1.54, 1.807) is 6.20 Å². The molecule has 2 aromatic rings. The molecule has 0 atom stereocenters. The lowest BCUT2D eigenvalue weighted by Gasteiger charge is -2.11. The Hall–Kier alpha value is -1.94. The lowest BCUT2D eigenvalue weighted by molar-refractivity contribution is 0.241. The zero-order valence-corrected chi connectivity index (χ0v) is 12.3. The van der Waals surface area contributed by atoms with Gasteiger partial charge < -0.3 is 10.1 Å². The minimum atomic E-state index is 0.144. The van der Waals surface area contributed by atoms with Gasteiger partial charge in [0.2, 0.25) is 0 Å². The molecule has 2 heterocycles. The summed E-state index contributed by atoms with van der Waals surface area (Å²) in [7, 11) is 0. The number of hydrogen-bond donors (Lipinski definition) is 1. The summed E-state index contributed by atoms with van der Waals surface area (Å²) in [6.07, 6.45) is 7.45. The van der Waals surface area contributed by atoms with Gasteiger partial charge in [0.25, 0.3) is 0 Å². The standard InChI is InChI=1S/C16H21N3O/c1-4-17-7-13-5-14(9-18-8-13)15-6-16(11-19-10-15)20-12(2)3/h5-6,8-12,17H,4,7H2,1-3H3. The van der Waals surface area contributed by atoms with Gasteiger partial charge in [0.1, 0.15) is 5.75 Å². The van der Waals surface area contributed by atoms with Gasteiger partial charge in [-0.3, -0.25) is 9.97 Å². The summed E-state index contributed by atoms with van der Waals surface area (Å²) in [5.41, 5.74) is 3.25. The van der Waals surface area contributed by atoms with Crippen molar-refractivity contribution >= 4 is 0 Å². The Morgan fingerprint density at radius 1 is 1.05 bits per heavy atom. The molecular formula is C16H21N3O. The molecule has 0 aliphatic rings. The van der Waals surface area contributed by atoms with Gasteiger partial charge in [-0.2, -0.15) is 0 Å². The van der Waals surface area contributed by atoms with Gasteiger partial charge in [0.15, 0.2) is 0 Å². The summed E-state index contributed by atoms with van der Waals surface area (Å²) in [5.74, 6) is 0.787. The van der Waals surface area contributed by atoms with Gasteiger partial charge in [-0.05, 0) is 38.1 Å². The number of ether oxygens (including phenoxy) is 1. The highest BCUT2D eigenvalue weighted by atomic mass is 16.5. The van der Waals surface area contributed by atoms with Gasteiger partial charge in [-0.15, -0.1) is 0 Å². The van der Waals surface area contributed by atoms with E-state index in [0.29, 0.717) is 0 Å². The van der Waals surface area contributed by atoms with E-state index in [4.69, 9.17) is 4.74 Å². The highest BCUT2D eigenvalue weighted by Crippen LogP contribution is 2.23. The second kappa shape index (κ2) is 7.01. The van der Waals surface area contributed by atoms with E-state index in [-0.39, 0.29) is 6.10 Å². The van der Waals surface area contributed by atoms with Crippen LogP contribution in [0, 0.1) is 0 Å². The molecule has 2 rings (SSSR count). The fourth-order valence-corrected chi connectivity index (χ4v) is 1.92. The largest absolute Gasteiger partial charge is 0.489 e. The maximum absolute atomic E-state index is 5.68. The van der Waals surface area contributed by atoms with E-state index in [0.717, 1.165) is 30.0 Å². The number of pyridine rings is 2. The van der Waals surface area contributed by atoms with Gasteiger partial charge in [0.05, 0.1) is 12.3 Å². The highest BCUT2D eigenvalue weighted by Gasteiger charge is 2.04. The zero-order chi connectivity index (χ0) is 14.4. The molecule has 4 heteroatoms. The van der Waals surface area contributed by atoms with Crippen LogP contribution >= 0.6 is 0 Å². The Kier molecular flexibility index (Phi) is 5.07. The van der Waals surface area contributed by atoms with Crippen LogP contribution in [0.15, 0.2) is 36.9 Å². The van der Waals surface area contributed by atoms with Gasteiger partial charge in [-0.25, -0.2) is 0 Å². The molecule has 0 bridgehead atoms. The van der Waals surface area contributed by atoms with E-state index in [9.17, 15) is 0 Å². The fourth-order valence-electron chi connectivity index (χ4n) is 1.92. The van der Waals surface area contributed by atoms with Gasteiger partial charge in [0, 0.05) is 36.3 Å². The molecule has 0 radical (unpaired) electrons. The minimum Gasteiger partial charge on any atom is -0.489 e. The van der Waals surface area contributed by atoms with Crippen LogP contribution in [0.2, 0.25) is 0 Å². The lowest BCUT2D eigenvalue weighted by atomic mass is 10.1. The summed E-state index contributed by atoms with van der Waals surface area (Å²) in [5, 5.41) is 3.30. The Morgan fingerprint density at radius 3 is 2.45 bits per heavy atom. The minimum absolute atomic E-state index is 0.144. The normalized spacial score (nSPS) is 10.8. The van der Waals surface area contributed by atoms with Crippen molar-refractivity contribution in [2.75, 3.05) is 6.54 Å². The summed E-state index contributed by atoms with van der Waals surface area (Å²) >= 11 is 0. The average molecular weight is 271 g/mol. The lowest BCUT2D eigenvalue weighted by Crippen LogP contribution is -2.11.